The molecule has 2 rings (SSSR count). The van der Waals surface area contributed by atoms with E-state index >= 15 is 0 Å². The molecule has 96 valence electrons. The number of hydrogen-bond acceptors (Lipinski definition) is 4. The standard InChI is InChI=1S/C14H18N2OS/c1-11-12(10-15-7-8-17-2)5-6-13(16-11)14-4-3-9-18-14/h3-6,9,15H,7-8,10H2,1-2H3. The van der Waals surface area contributed by atoms with Crippen molar-refractivity contribution in [1.82, 2.24) is 10.3 Å². The maximum Gasteiger partial charge on any atom is 0.0805 e. The zero-order valence-electron chi connectivity index (χ0n) is 10.8. The Bertz CT molecular complexity index is 483. The van der Waals surface area contributed by atoms with E-state index in [0.717, 1.165) is 31.1 Å². The fourth-order valence-corrected chi connectivity index (χ4v) is 2.43. The quantitative estimate of drug-likeness (QED) is 0.813. The first-order valence-corrected chi connectivity index (χ1v) is 6.89. The minimum Gasteiger partial charge on any atom is -0.383 e. The Morgan fingerprint density at radius 2 is 2.22 bits per heavy atom. The molecule has 4 heteroatoms. The summed E-state index contributed by atoms with van der Waals surface area (Å²) < 4.78 is 5.00. The SMILES string of the molecule is COCCNCc1ccc(-c2cccs2)nc1C. The highest BCUT2D eigenvalue weighted by molar-refractivity contribution is 7.13. The van der Waals surface area contributed by atoms with Crippen LogP contribution < -0.4 is 5.32 Å². The number of nitrogens with zero attached hydrogens (tertiary/aromatic N) is 1. The van der Waals surface area contributed by atoms with Crippen LogP contribution in [0, 0.1) is 6.92 Å². The average Bonchev–Trinajstić information content (AvgIpc) is 2.90. The summed E-state index contributed by atoms with van der Waals surface area (Å²) in [5, 5.41) is 5.41. The summed E-state index contributed by atoms with van der Waals surface area (Å²) in [5.41, 5.74) is 3.39. The maximum absolute atomic E-state index is 5.00. The number of thiophene rings is 1. The first-order chi connectivity index (χ1) is 8.81. The molecule has 2 aromatic heterocycles. The van der Waals surface area contributed by atoms with Gasteiger partial charge in [0.1, 0.15) is 0 Å². The van der Waals surface area contributed by atoms with E-state index in [0.29, 0.717) is 0 Å². The van der Waals surface area contributed by atoms with Gasteiger partial charge in [0.05, 0.1) is 17.2 Å². The summed E-state index contributed by atoms with van der Waals surface area (Å²) in [6.07, 6.45) is 0. The zero-order chi connectivity index (χ0) is 12.8. The molecule has 3 nitrogen and oxygen atoms in total. The summed E-state index contributed by atoms with van der Waals surface area (Å²) in [6, 6.07) is 8.39. The summed E-state index contributed by atoms with van der Waals surface area (Å²) in [7, 11) is 1.71. The number of methoxy groups -OCH3 is 1. The molecule has 0 bridgehead atoms. The first kappa shape index (κ1) is 13.2. The second-order valence-corrected chi connectivity index (χ2v) is 5.04. The molecule has 0 saturated heterocycles. The van der Waals surface area contributed by atoms with Crippen molar-refractivity contribution < 1.29 is 4.74 Å². The van der Waals surface area contributed by atoms with E-state index in [1.165, 1.54) is 10.4 Å². The predicted octanol–water partition coefficient (Wildman–Crippen LogP) is 2.85. The number of ether oxygens (including phenoxy) is 1. The van der Waals surface area contributed by atoms with Crippen LogP contribution in [0.2, 0.25) is 0 Å². The van der Waals surface area contributed by atoms with Crippen molar-refractivity contribution in [3.63, 3.8) is 0 Å². The molecule has 0 aliphatic rings. The van der Waals surface area contributed by atoms with Crippen molar-refractivity contribution in [3.8, 4) is 10.6 Å². The average molecular weight is 262 g/mol. The summed E-state index contributed by atoms with van der Waals surface area (Å²) >= 11 is 1.72. The summed E-state index contributed by atoms with van der Waals surface area (Å²) in [5.74, 6) is 0. The van der Waals surface area contributed by atoms with Gasteiger partial charge in [-0.2, -0.15) is 0 Å². The van der Waals surface area contributed by atoms with Gasteiger partial charge in [0.25, 0.3) is 0 Å². The molecule has 0 aliphatic heterocycles. The lowest BCUT2D eigenvalue weighted by Crippen LogP contribution is -2.19. The van der Waals surface area contributed by atoms with Crippen molar-refractivity contribution in [2.24, 2.45) is 0 Å². The fraction of sp³-hybridized carbons (Fsp3) is 0.357. The van der Waals surface area contributed by atoms with Crippen LogP contribution in [0.25, 0.3) is 10.6 Å². The lowest BCUT2D eigenvalue weighted by atomic mass is 10.1. The van der Waals surface area contributed by atoms with Crippen LogP contribution in [0.5, 0.6) is 0 Å². The van der Waals surface area contributed by atoms with E-state index in [1.54, 1.807) is 18.4 Å². The van der Waals surface area contributed by atoms with Crippen LogP contribution in [0.3, 0.4) is 0 Å². The maximum atomic E-state index is 5.00. The van der Waals surface area contributed by atoms with Gasteiger partial charge in [-0.15, -0.1) is 11.3 Å². The predicted molar refractivity (Wildman–Crippen MR) is 75.9 cm³/mol. The van der Waals surface area contributed by atoms with E-state index in [2.05, 4.69) is 46.9 Å². The molecule has 0 atom stereocenters. The molecule has 0 aromatic carbocycles. The Morgan fingerprint density at radius 3 is 2.89 bits per heavy atom. The van der Waals surface area contributed by atoms with E-state index < -0.39 is 0 Å². The van der Waals surface area contributed by atoms with Gasteiger partial charge in [-0.3, -0.25) is 4.98 Å². The Hall–Kier alpha value is -1.23. The Kier molecular flexibility index (Phi) is 4.87. The van der Waals surface area contributed by atoms with Gasteiger partial charge in [0.2, 0.25) is 0 Å². The molecule has 0 amide bonds. The molecule has 0 fully saturated rings. The van der Waals surface area contributed by atoms with Crippen molar-refractivity contribution in [2.75, 3.05) is 20.3 Å². The molecule has 18 heavy (non-hydrogen) atoms. The third-order valence-corrected chi connectivity index (χ3v) is 3.66. The summed E-state index contributed by atoms with van der Waals surface area (Å²) in [6.45, 7) is 4.50. The van der Waals surface area contributed by atoms with Crippen LogP contribution in [0.4, 0.5) is 0 Å². The van der Waals surface area contributed by atoms with Gasteiger partial charge >= 0.3 is 0 Å². The Morgan fingerprint density at radius 1 is 1.33 bits per heavy atom. The molecule has 0 radical (unpaired) electrons. The fourth-order valence-electron chi connectivity index (χ4n) is 1.74. The molecule has 1 N–H and O–H groups in total. The van der Waals surface area contributed by atoms with Gasteiger partial charge in [-0.1, -0.05) is 12.1 Å². The number of hydrogen-bond donors (Lipinski definition) is 1. The minimum atomic E-state index is 0.736. The second kappa shape index (κ2) is 6.64. The van der Waals surface area contributed by atoms with Gasteiger partial charge in [0.15, 0.2) is 0 Å². The number of rotatable bonds is 6. The number of aryl methyl sites for hydroxylation is 1. The smallest absolute Gasteiger partial charge is 0.0805 e. The van der Waals surface area contributed by atoms with Crippen LogP contribution in [0.1, 0.15) is 11.3 Å². The molecular weight excluding hydrogens is 244 g/mol. The van der Waals surface area contributed by atoms with E-state index in [4.69, 9.17) is 4.74 Å². The van der Waals surface area contributed by atoms with Crippen molar-refractivity contribution in [2.45, 2.75) is 13.5 Å². The number of aromatic nitrogens is 1. The molecule has 0 aliphatic carbocycles. The normalized spacial score (nSPS) is 10.8. The highest BCUT2D eigenvalue weighted by atomic mass is 32.1. The third kappa shape index (κ3) is 3.38. The van der Waals surface area contributed by atoms with Crippen molar-refractivity contribution >= 4 is 11.3 Å². The number of nitrogens with one attached hydrogen (secondary N) is 1. The van der Waals surface area contributed by atoms with Gasteiger partial charge in [0, 0.05) is 25.9 Å². The van der Waals surface area contributed by atoms with Crippen molar-refractivity contribution in [1.29, 1.82) is 0 Å². The summed E-state index contributed by atoms with van der Waals surface area (Å²) in [4.78, 5) is 5.87. The number of pyridine rings is 1. The molecule has 0 saturated carbocycles. The molecule has 2 aromatic rings. The van der Waals surface area contributed by atoms with Crippen LogP contribution in [-0.4, -0.2) is 25.2 Å². The largest absolute Gasteiger partial charge is 0.383 e. The highest BCUT2D eigenvalue weighted by Gasteiger charge is 2.04. The second-order valence-electron chi connectivity index (χ2n) is 4.09. The van der Waals surface area contributed by atoms with Crippen LogP contribution in [0.15, 0.2) is 29.6 Å². The molecule has 2 heterocycles. The van der Waals surface area contributed by atoms with Gasteiger partial charge < -0.3 is 10.1 Å². The van der Waals surface area contributed by atoms with E-state index in [1.807, 2.05) is 0 Å². The van der Waals surface area contributed by atoms with Crippen LogP contribution >= 0.6 is 11.3 Å². The lowest BCUT2D eigenvalue weighted by Gasteiger charge is -2.08. The molecule has 0 unspecified atom stereocenters. The minimum absolute atomic E-state index is 0.736. The van der Waals surface area contributed by atoms with Crippen molar-refractivity contribution in [3.05, 3.63) is 40.9 Å². The first-order valence-electron chi connectivity index (χ1n) is 6.01. The van der Waals surface area contributed by atoms with E-state index in [9.17, 15) is 0 Å². The highest BCUT2D eigenvalue weighted by Crippen LogP contribution is 2.23. The third-order valence-electron chi connectivity index (χ3n) is 2.77. The topological polar surface area (TPSA) is 34.1 Å². The molecule has 0 spiro atoms. The Balaban J connectivity index is 2.01. The lowest BCUT2D eigenvalue weighted by molar-refractivity contribution is 0.199. The van der Waals surface area contributed by atoms with Gasteiger partial charge in [-0.05, 0) is 30.0 Å². The zero-order valence-corrected chi connectivity index (χ0v) is 11.6. The van der Waals surface area contributed by atoms with Crippen LogP contribution in [-0.2, 0) is 11.3 Å². The molecular formula is C14H18N2OS. The van der Waals surface area contributed by atoms with E-state index in [-0.39, 0.29) is 0 Å². The monoisotopic (exact) mass is 262 g/mol. The van der Waals surface area contributed by atoms with Gasteiger partial charge in [-0.25, -0.2) is 0 Å². The Labute approximate surface area is 112 Å².